The first-order chi connectivity index (χ1) is 11.6. The van der Waals surface area contributed by atoms with Crippen LogP contribution >= 0.6 is 0 Å². The van der Waals surface area contributed by atoms with E-state index in [0.29, 0.717) is 0 Å². The first-order valence-corrected chi connectivity index (χ1v) is 8.77. The standard InChI is InChI=1S/C17H25FN2O5/c1-16(2,9-3-4-9)12(19-15(25)17(18)5-6-17)13(22)20-8-10(21)7-11(20)14(23)24/h9-12,21H,3-8H2,1-2H3,(H,19,25)(H,23,24)/t10-,11+,12-/m1/s1. The van der Waals surface area contributed by atoms with E-state index in [4.69, 9.17) is 0 Å². The summed E-state index contributed by atoms with van der Waals surface area (Å²) in [5.41, 5.74) is -2.52. The van der Waals surface area contributed by atoms with Gasteiger partial charge in [0.05, 0.1) is 6.10 Å². The minimum atomic E-state index is -1.91. The molecule has 2 amide bonds. The lowest BCUT2D eigenvalue weighted by molar-refractivity contribution is -0.151. The number of hydrogen-bond donors (Lipinski definition) is 3. The van der Waals surface area contributed by atoms with Gasteiger partial charge in [-0.1, -0.05) is 13.8 Å². The second-order valence-electron chi connectivity index (χ2n) is 8.20. The number of rotatable bonds is 6. The number of carbonyl (C=O) groups is 3. The quantitative estimate of drug-likeness (QED) is 0.641. The summed E-state index contributed by atoms with van der Waals surface area (Å²) in [7, 11) is 0. The van der Waals surface area contributed by atoms with Crippen LogP contribution in [0.5, 0.6) is 0 Å². The molecular formula is C17H25FN2O5. The molecule has 3 N–H and O–H groups in total. The van der Waals surface area contributed by atoms with E-state index < -0.39 is 47.1 Å². The van der Waals surface area contributed by atoms with Crippen LogP contribution < -0.4 is 5.32 Å². The molecule has 0 radical (unpaired) electrons. The van der Waals surface area contributed by atoms with Gasteiger partial charge < -0.3 is 20.4 Å². The second-order valence-corrected chi connectivity index (χ2v) is 8.20. The Kier molecular flexibility index (Phi) is 4.29. The van der Waals surface area contributed by atoms with Gasteiger partial charge in [-0.25, -0.2) is 9.18 Å². The summed E-state index contributed by atoms with van der Waals surface area (Å²) in [4.78, 5) is 37.8. The fraction of sp³-hybridized carbons (Fsp3) is 0.824. The Hall–Kier alpha value is -1.70. The van der Waals surface area contributed by atoms with Crippen LogP contribution in [0.1, 0.15) is 46.0 Å². The minimum absolute atomic E-state index is 0.0430. The lowest BCUT2D eigenvalue weighted by Gasteiger charge is -2.37. The van der Waals surface area contributed by atoms with Gasteiger partial charge in [-0.3, -0.25) is 9.59 Å². The van der Waals surface area contributed by atoms with Gasteiger partial charge in [0.25, 0.3) is 5.91 Å². The lowest BCUT2D eigenvalue weighted by atomic mass is 9.78. The number of aliphatic hydroxyl groups is 1. The second kappa shape index (κ2) is 5.93. The highest BCUT2D eigenvalue weighted by molar-refractivity contribution is 5.95. The number of halogens is 1. The number of carboxylic acid groups (broad SMARTS) is 1. The van der Waals surface area contributed by atoms with E-state index in [1.807, 2.05) is 13.8 Å². The first-order valence-electron chi connectivity index (χ1n) is 8.77. The number of hydrogen-bond acceptors (Lipinski definition) is 4. The summed E-state index contributed by atoms with van der Waals surface area (Å²) >= 11 is 0. The van der Waals surface area contributed by atoms with Crippen LogP contribution in [0.4, 0.5) is 4.39 Å². The number of aliphatic carboxylic acids is 1. The number of nitrogens with one attached hydrogen (secondary N) is 1. The van der Waals surface area contributed by atoms with Crippen molar-refractivity contribution in [3.8, 4) is 0 Å². The zero-order chi connectivity index (χ0) is 18.6. The van der Waals surface area contributed by atoms with Crippen molar-refractivity contribution in [3.63, 3.8) is 0 Å². The van der Waals surface area contributed by atoms with Crippen LogP contribution in [0, 0.1) is 11.3 Å². The van der Waals surface area contributed by atoms with Crippen LogP contribution in [0.15, 0.2) is 0 Å². The first kappa shape index (κ1) is 18.1. The van der Waals surface area contributed by atoms with E-state index in [1.165, 1.54) is 0 Å². The molecule has 1 heterocycles. The van der Waals surface area contributed by atoms with Crippen molar-refractivity contribution in [1.82, 2.24) is 10.2 Å². The molecule has 0 bridgehead atoms. The third-order valence-corrected chi connectivity index (χ3v) is 5.84. The zero-order valence-corrected chi connectivity index (χ0v) is 14.5. The van der Waals surface area contributed by atoms with Crippen molar-refractivity contribution in [2.24, 2.45) is 11.3 Å². The van der Waals surface area contributed by atoms with Crippen LogP contribution in [0.2, 0.25) is 0 Å². The lowest BCUT2D eigenvalue weighted by Crippen LogP contribution is -2.59. The predicted octanol–water partition coefficient (Wildman–Crippen LogP) is 0.456. The summed E-state index contributed by atoms with van der Waals surface area (Å²) in [5, 5.41) is 21.7. The Morgan fingerprint density at radius 3 is 2.36 bits per heavy atom. The summed E-state index contributed by atoms with van der Waals surface area (Å²) in [6.07, 6.45) is 1.16. The molecule has 1 saturated heterocycles. The number of alkyl halides is 1. The van der Waals surface area contributed by atoms with Gasteiger partial charge in [-0.15, -0.1) is 0 Å². The highest BCUT2D eigenvalue weighted by Crippen LogP contribution is 2.48. The fourth-order valence-corrected chi connectivity index (χ4v) is 3.68. The SMILES string of the molecule is CC(C)(C1CC1)[C@H](NC(=O)C1(F)CC1)C(=O)N1C[C@H](O)C[C@H]1C(=O)O. The topological polar surface area (TPSA) is 107 Å². The van der Waals surface area contributed by atoms with Crippen LogP contribution in [-0.2, 0) is 14.4 Å². The van der Waals surface area contributed by atoms with Gasteiger partial charge in [-0.05, 0) is 37.0 Å². The Balaban J connectivity index is 1.84. The molecule has 0 aromatic carbocycles. The summed E-state index contributed by atoms with van der Waals surface area (Å²) in [6.45, 7) is 3.59. The van der Waals surface area contributed by atoms with E-state index in [2.05, 4.69) is 5.32 Å². The van der Waals surface area contributed by atoms with Gasteiger partial charge in [0, 0.05) is 13.0 Å². The number of carbonyl (C=O) groups excluding carboxylic acids is 2. The van der Waals surface area contributed by atoms with Crippen molar-refractivity contribution in [1.29, 1.82) is 0 Å². The van der Waals surface area contributed by atoms with Gasteiger partial charge in [0.2, 0.25) is 5.91 Å². The number of nitrogens with zero attached hydrogens (tertiary/aromatic N) is 1. The molecule has 25 heavy (non-hydrogen) atoms. The van der Waals surface area contributed by atoms with Gasteiger partial charge in [0.15, 0.2) is 5.67 Å². The number of amides is 2. The maximum absolute atomic E-state index is 14.1. The number of β-amino-alcohol motifs (C(OH)–C–C–N with tert-alkyl or cyclic N) is 1. The molecule has 3 atom stereocenters. The van der Waals surface area contributed by atoms with Gasteiger partial charge >= 0.3 is 5.97 Å². The third kappa shape index (κ3) is 3.36. The molecule has 2 aliphatic carbocycles. The molecule has 3 aliphatic rings. The van der Waals surface area contributed by atoms with E-state index in [0.717, 1.165) is 17.7 Å². The Morgan fingerprint density at radius 2 is 1.88 bits per heavy atom. The van der Waals surface area contributed by atoms with Crippen LogP contribution in [0.25, 0.3) is 0 Å². The van der Waals surface area contributed by atoms with Crippen molar-refractivity contribution in [3.05, 3.63) is 0 Å². The summed E-state index contributed by atoms with van der Waals surface area (Å²) in [6, 6.07) is -2.13. The largest absolute Gasteiger partial charge is 0.480 e. The van der Waals surface area contributed by atoms with Crippen molar-refractivity contribution in [2.75, 3.05) is 6.54 Å². The molecule has 1 aliphatic heterocycles. The fourth-order valence-electron chi connectivity index (χ4n) is 3.68. The number of aliphatic hydroxyl groups excluding tert-OH is 1. The van der Waals surface area contributed by atoms with Gasteiger partial charge in [-0.2, -0.15) is 0 Å². The molecule has 140 valence electrons. The monoisotopic (exact) mass is 356 g/mol. The number of likely N-dealkylation sites (tertiary alicyclic amines) is 1. The van der Waals surface area contributed by atoms with Crippen molar-refractivity contribution >= 4 is 17.8 Å². The third-order valence-electron chi connectivity index (χ3n) is 5.84. The van der Waals surface area contributed by atoms with Crippen LogP contribution in [-0.4, -0.2) is 63.3 Å². The zero-order valence-electron chi connectivity index (χ0n) is 14.5. The number of carboxylic acids is 1. The molecule has 8 heteroatoms. The van der Waals surface area contributed by atoms with E-state index >= 15 is 0 Å². The Morgan fingerprint density at radius 1 is 1.28 bits per heavy atom. The Labute approximate surface area is 145 Å². The predicted molar refractivity (Wildman–Crippen MR) is 85.3 cm³/mol. The summed E-state index contributed by atoms with van der Waals surface area (Å²) < 4.78 is 14.1. The molecule has 0 aromatic rings. The smallest absolute Gasteiger partial charge is 0.326 e. The van der Waals surface area contributed by atoms with Crippen molar-refractivity contribution < 1.29 is 29.0 Å². The van der Waals surface area contributed by atoms with E-state index in [9.17, 15) is 29.0 Å². The molecule has 3 fully saturated rings. The molecule has 0 aromatic heterocycles. The molecule has 7 nitrogen and oxygen atoms in total. The molecule has 2 saturated carbocycles. The minimum Gasteiger partial charge on any atom is -0.480 e. The highest BCUT2D eigenvalue weighted by Gasteiger charge is 2.55. The highest BCUT2D eigenvalue weighted by atomic mass is 19.1. The van der Waals surface area contributed by atoms with E-state index in [1.54, 1.807) is 0 Å². The normalized spacial score (nSPS) is 29.2. The Bertz CT molecular complexity index is 600. The van der Waals surface area contributed by atoms with E-state index in [-0.39, 0.29) is 31.7 Å². The average molecular weight is 356 g/mol. The maximum atomic E-state index is 14.1. The summed E-state index contributed by atoms with van der Waals surface area (Å²) in [5.74, 6) is -2.33. The molecule has 3 rings (SSSR count). The van der Waals surface area contributed by atoms with Crippen molar-refractivity contribution in [2.45, 2.75) is 69.8 Å². The molecule has 0 spiro atoms. The molecule has 0 unspecified atom stereocenters. The molecular weight excluding hydrogens is 331 g/mol. The van der Waals surface area contributed by atoms with Crippen LogP contribution in [0.3, 0.4) is 0 Å². The maximum Gasteiger partial charge on any atom is 0.326 e. The average Bonchev–Trinajstić information content (AvgIpc) is 3.44. The van der Waals surface area contributed by atoms with Gasteiger partial charge in [0.1, 0.15) is 12.1 Å².